The summed E-state index contributed by atoms with van der Waals surface area (Å²) < 4.78 is 16.8. The van der Waals surface area contributed by atoms with Gasteiger partial charge in [-0.1, -0.05) is 24.3 Å². The Hall–Kier alpha value is -4.85. The molecular formula is C30H27N3O5. The lowest BCUT2D eigenvalue weighted by atomic mass is 9.79. The van der Waals surface area contributed by atoms with Crippen molar-refractivity contribution in [3.63, 3.8) is 0 Å². The number of hydrogen-bond donors (Lipinski definition) is 1. The van der Waals surface area contributed by atoms with Crippen LogP contribution in [0.25, 0.3) is 0 Å². The van der Waals surface area contributed by atoms with E-state index < -0.39 is 12.0 Å². The number of fused-ring (bicyclic) bond motifs is 1. The molecular weight excluding hydrogens is 482 g/mol. The van der Waals surface area contributed by atoms with E-state index in [-0.39, 0.29) is 11.8 Å². The number of aromatic nitrogens is 1. The monoisotopic (exact) mass is 509 g/mol. The Kier molecular flexibility index (Phi) is 6.95. The number of carbonyl (C=O) groups excluding carboxylic acids is 2. The summed E-state index contributed by atoms with van der Waals surface area (Å²) in [5.41, 5.74) is 2.29. The third-order valence-electron chi connectivity index (χ3n) is 6.58. The van der Waals surface area contributed by atoms with Gasteiger partial charge in [-0.3, -0.25) is 14.6 Å². The van der Waals surface area contributed by atoms with Crippen molar-refractivity contribution in [2.75, 3.05) is 26.6 Å². The van der Waals surface area contributed by atoms with Gasteiger partial charge >= 0.3 is 0 Å². The lowest BCUT2D eigenvalue weighted by Gasteiger charge is -2.39. The zero-order chi connectivity index (χ0) is 26.6. The first-order valence-electron chi connectivity index (χ1n) is 12.1. The highest BCUT2D eigenvalue weighted by atomic mass is 16.5. The van der Waals surface area contributed by atoms with Crippen LogP contribution in [-0.4, -0.2) is 43.0 Å². The van der Waals surface area contributed by atoms with Crippen LogP contribution >= 0.6 is 0 Å². The van der Waals surface area contributed by atoms with Gasteiger partial charge in [0.2, 0.25) is 5.91 Å². The summed E-state index contributed by atoms with van der Waals surface area (Å²) in [5, 5.41) is 3.02. The quantitative estimate of drug-likeness (QED) is 0.357. The second kappa shape index (κ2) is 10.6. The molecule has 8 heteroatoms. The van der Waals surface area contributed by atoms with Crippen LogP contribution in [0.4, 0.5) is 5.69 Å². The number of hydrogen-bond acceptors (Lipinski definition) is 6. The maximum Gasteiger partial charge on any atom is 0.254 e. The Morgan fingerprint density at radius 1 is 0.895 bits per heavy atom. The third kappa shape index (κ3) is 4.76. The van der Waals surface area contributed by atoms with Crippen molar-refractivity contribution < 1.29 is 23.8 Å². The zero-order valence-corrected chi connectivity index (χ0v) is 21.3. The zero-order valence-electron chi connectivity index (χ0n) is 21.3. The number of pyridine rings is 1. The second-order valence-corrected chi connectivity index (χ2v) is 8.85. The van der Waals surface area contributed by atoms with E-state index in [1.54, 1.807) is 66.8 Å². The number of amides is 2. The van der Waals surface area contributed by atoms with E-state index in [0.717, 1.165) is 11.3 Å². The van der Waals surface area contributed by atoms with Crippen LogP contribution in [0.3, 0.4) is 0 Å². The maximum absolute atomic E-state index is 13.9. The van der Waals surface area contributed by atoms with E-state index in [4.69, 9.17) is 14.2 Å². The van der Waals surface area contributed by atoms with Crippen LogP contribution in [0.2, 0.25) is 0 Å². The molecule has 3 aromatic carbocycles. The van der Waals surface area contributed by atoms with Gasteiger partial charge in [-0.05, 0) is 65.7 Å². The second-order valence-electron chi connectivity index (χ2n) is 8.85. The van der Waals surface area contributed by atoms with Crippen LogP contribution in [0.5, 0.6) is 23.0 Å². The first kappa shape index (κ1) is 24.8. The average molecular weight is 510 g/mol. The highest BCUT2D eigenvalue weighted by molar-refractivity contribution is 6.04. The molecule has 4 aromatic rings. The maximum atomic E-state index is 13.9. The van der Waals surface area contributed by atoms with Crippen molar-refractivity contribution in [1.29, 1.82) is 0 Å². The van der Waals surface area contributed by atoms with Gasteiger partial charge in [0.15, 0.2) is 11.5 Å². The number of likely N-dealkylation sites (N-methyl/N-ethyl adjacent to an activating group) is 1. The van der Waals surface area contributed by atoms with Crippen LogP contribution in [0, 0.1) is 0 Å². The number of carbonyl (C=O) groups is 2. The van der Waals surface area contributed by atoms with Crippen LogP contribution in [0.15, 0.2) is 91.3 Å². The van der Waals surface area contributed by atoms with Crippen molar-refractivity contribution in [2.24, 2.45) is 0 Å². The fourth-order valence-corrected chi connectivity index (χ4v) is 4.75. The molecule has 8 nitrogen and oxygen atoms in total. The molecule has 0 bridgehead atoms. The Labute approximate surface area is 220 Å². The van der Waals surface area contributed by atoms with E-state index in [0.29, 0.717) is 34.1 Å². The minimum absolute atomic E-state index is 0.221. The molecule has 0 saturated heterocycles. The molecule has 192 valence electrons. The summed E-state index contributed by atoms with van der Waals surface area (Å²) in [6.07, 6.45) is 3.33. The smallest absolute Gasteiger partial charge is 0.254 e. The Bertz CT molecular complexity index is 1440. The molecule has 1 aliphatic rings. The van der Waals surface area contributed by atoms with E-state index in [1.807, 2.05) is 36.4 Å². The van der Waals surface area contributed by atoms with Gasteiger partial charge in [-0.15, -0.1) is 0 Å². The minimum atomic E-state index is -0.739. The molecule has 2 amide bonds. The number of anilines is 1. The molecule has 0 radical (unpaired) electrons. The van der Waals surface area contributed by atoms with Gasteiger partial charge in [-0.25, -0.2) is 0 Å². The van der Waals surface area contributed by atoms with Crippen LogP contribution < -0.4 is 19.5 Å². The average Bonchev–Trinajstić information content (AvgIpc) is 2.96. The fourth-order valence-electron chi connectivity index (χ4n) is 4.75. The standard InChI is InChI=1S/C30H27N3O5/c1-33-28(19-8-7-15-31-18-19)27(23-16-25(36-2)26(37-3)17-24(23)30(33)35)29(34)32-20-11-13-22(14-12-20)38-21-9-5-4-6-10-21/h4-18,27-28H,1-3H3,(H,32,34)/t27-,28+/m1/s1. The van der Waals surface area contributed by atoms with Crippen molar-refractivity contribution in [2.45, 2.75) is 12.0 Å². The Morgan fingerprint density at radius 2 is 1.58 bits per heavy atom. The number of methoxy groups -OCH3 is 2. The van der Waals surface area contributed by atoms with Crippen molar-refractivity contribution in [1.82, 2.24) is 9.88 Å². The third-order valence-corrected chi connectivity index (χ3v) is 6.58. The van der Waals surface area contributed by atoms with Gasteiger partial charge in [-0.2, -0.15) is 0 Å². The number of benzene rings is 3. The summed E-state index contributed by atoms with van der Waals surface area (Å²) in [7, 11) is 4.72. The largest absolute Gasteiger partial charge is 0.493 e. The number of nitrogens with one attached hydrogen (secondary N) is 1. The Balaban J connectivity index is 1.50. The fraction of sp³-hybridized carbons (Fsp3) is 0.167. The molecule has 0 saturated carbocycles. The molecule has 5 rings (SSSR count). The molecule has 0 unspecified atom stereocenters. The molecule has 2 atom stereocenters. The van der Waals surface area contributed by atoms with Crippen molar-refractivity contribution >= 4 is 17.5 Å². The number of rotatable bonds is 7. The molecule has 0 spiro atoms. The molecule has 0 aliphatic carbocycles. The molecule has 1 aromatic heterocycles. The first-order chi connectivity index (χ1) is 18.5. The predicted octanol–water partition coefficient (Wildman–Crippen LogP) is 5.44. The van der Waals surface area contributed by atoms with E-state index >= 15 is 0 Å². The summed E-state index contributed by atoms with van der Waals surface area (Å²) in [6.45, 7) is 0. The first-order valence-corrected chi connectivity index (χ1v) is 12.1. The number of nitrogens with zero attached hydrogens (tertiary/aromatic N) is 2. The number of para-hydroxylation sites is 1. The molecule has 0 fully saturated rings. The normalized spacial score (nSPS) is 16.4. The molecule has 2 heterocycles. The lowest BCUT2D eigenvalue weighted by Crippen LogP contribution is -2.44. The van der Waals surface area contributed by atoms with Gasteiger partial charge < -0.3 is 24.4 Å². The van der Waals surface area contributed by atoms with Crippen molar-refractivity contribution in [3.8, 4) is 23.0 Å². The minimum Gasteiger partial charge on any atom is -0.493 e. The van der Waals surface area contributed by atoms with Gasteiger partial charge in [0.1, 0.15) is 11.5 Å². The molecule has 1 N–H and O–H groups in total. The van der Waals surface area contributed by atoms with Gasteiger partial charge in [0.05, 0.1) is 26.2 Å². The van der Waals surface area contributed by atoms with E-state index in [1.165, 1.54) is 14.2 Å². The Morgan fingerprint density at radius 3 is 2.24 bits per heavy atom. The molecule has 38 heavy (non-hydrogen) atoms. The lowest BCUT2D eigenvalue weighted by molar-refractivity contribution is -0.119. The highest BCUT2D eigenvalue weighted by Gasteiger charge is 2.43. The summed E-state index contributed by atoms with van der Waals surface area (Å²) in [6, 6.07) is 23.0. The van der Waals surface area contributed by atoms with Gasteiger partial charge in [0, 0.05) is 30.7 Å². The molecule has 1 aliphatic heterocycles. The predicted molar refractivity (Wildman–Crippen MR) is 143 cm³/mol. The van der Waals surface area contributed by atoms with Crippen LogP contribution in [-0.2, 0) is 4.79 Å². The van der Waals surface area contributed by atoms with Crippen LogP contribution in [0.1, 0.15) is 33.4 Å². The number of ether oxygens (including phenoxy) is 3. The summed E-state index contributed by atoms with van der Waals surface area (Å²) in [5.74, 6) is 0.989. The van der Waals surface area contributed by atoms with E-state index in [2.05, 4.69) is 10.3 Å². The topological polar surface area (TPSA) is 90.0 Å². The highest BCUT2D eigenvalue weighted by Crippen LogP contribution is 2.45. The summed E-state index contributed by atoms with van der Waals surface area (Å²) in [4.78, 5) is 33.2. The van der Waals surface area contributed by atoms with Gasteiger partial charge in [0.25, 0.3) is 5.91 Å². The summed E-state index contributed by atoms with van der Waals surface area (Å²) >= 11 is 0. The SMILES string of the molecule is COc1cc2c(cc1OC)[C@@H](C(=O)Nc1ccc(Oc3ccccc3)cc1)[C@H](c1cccnc1)N(C)C2=O. The van der Waals surface area contributed by atoms with E-state index in [9.17, 15) is 9.59 Å². The van der Waals surface area contributed by atoms with Crippen molar-refractivity contribution in [3.05, 3.63) is 108 Å².